The molecule has 0 saturated carbocycles. The summed E-state index contributed by atoms with van der Waals surface area (Å²) < 4.78 is 5.47. The summed E-state index contributed by atoms with van der Waals surface area (Å²) in [4.78, 5) is 14.6. The van der Waals surface area contributed by atoms with E-state index in [1.807, 2.05) is 35.5 Å². The molecule has 2 aromatic rings. The Balaban J connectivity index is 1.62. The number of methoxy groups -OCH3 is 1. The maximum absolute atomic E-state index is 12.6. The largest absolute Gasteiger partial charge is 0.496 e. The fourth-order valence-corrected chi connectivity index (χ4v) is 3.33. The Morgan fingerprint density at radius 2 is 2.30 bits per heavy atom. The molecule has 5 heteroatoms. The van der Waals surface area contributed by atoms with Crippen molar-refractivity contribution in [1.82, 2.24) is 15.1 Å². The lowest BCUT2D eigenvalue weighted by Crippen LogP contribution is -2.30. The molecule has 0 bridgehead atoms. The van der Waals surface area contributed by atoms with E-state index in [4.69, 9.17) is 4.74 Å². The number of nitrogens with zero attached hydrogens (tertiary/aromatic N) is 2. The molecule has 5 nitrogen and oxygen atoms in total. The van der Waals surface area contributed by atoms with Gasteiger partial charge in [0.2, 0.25) is 5.91 Å². The Hall–Kier alpha value is -2.30. The summed E-state index contributed by atoms with van der Waals surface area (Å²) in [6, 6.07) is 8.16. The Bertz CT molecular complexity index is 639. The van der Waals surface area contributed by atoms with E-state index in [1.165, 1.54) is 0 Å². The summed E-state index contributed by atoms with van der Waals surface area (Å²) in [5, 5.41) is 6.74. The van der Waals surface area contributed by atoms with Crippen LogP contribution >= 0.6 is 0 Å². The molecular weight excluding hydrogens is 290 g/mol. The minimum absolute atomic E-state index is 0.146. The van der Waals surface area contributed by atoms with E-state index in [-0.39, 0.29) is 11.9 Å². The fraction of sp³-hybridized carbons (Fsp3) is 0.444. The van der Waals surface area contributed by atoms with Crippen LogP contribution in [0.15, 0.2) is 36.7 Å². The highest BCUT2D eigenvalue weighted by Crippen LogP contribution is 2.37. The number of amides is 1. The molecular formula is C18H23N3O2. The Morgan fingerprint density at radius 1 is 1.43 bits per heavy atom. The number of nitrogens with one attached hydrogen (secondary N) is 1. The Morgan fingerprint density at radius 3 is 3.09 bits per heavy atom. The molecule has 3 rings (SSSR count). The van der Waals surface area contributed by atoms with Crippen LogP contribution in [0, 0.1) is 0 Å². The van der Waals surface area contributed by atoms with Gasteiger partial charge in [-0.25, -0.2) is 0 Å². The molecule has 1 aromatic carbocycles. The van der Waals surface area contributed by atoms with Crippen LogP contribution in [-0.4, -0.2) is 34.7 Å². The number of H-pyrrole nitrogens is 1. The normalized spacial score (nSPS) is 17.4. The molecule has 0 spiro atoms. The van der Waals surface area contributed by atoms with Crippen LogP contribution < -0.4 is 4.74 Å². The van der Waals surface area contributed by atoms with Gasteiger partial charge < -0.3 is 9.64 Å². The maximum atomic E-state index is 12.6. The summed E-state index contributed by atoms with van der Waals surface area (Å²) >= 11 is 0. The number of aromatic nitrogens is 2. The van der Waals surface area contributed by atoms with Crippen LogP contribution in [0.5, 0.6) is 5.75 Å². The molecule has 1 aliphatic heterocycles. The predicted octanol–water partition coefficient (Wildman–Crippen LogP) is 3.10. The van der Waals surface area contributed by atoms with Gasteiger partial charge in [-0.3, -0.25) is 9.89 Å². The molecule has 23 heavy (non-hydrogen) atoms. The average Bonchev–Trinajstić information content (AvgIpc) is 3.26. The van der Waals surface area contributed by atoms with Crippen molar-refractivity contribution in [2.24, 2.45) is 0 Å². The highest BCUT2D eigenvalue weighted by atomic mass is 16.5. The highest BCUT2D eigenvalue weighted by Gasteiger charge is 2.31. The second kappa shape index (κ2) is 7.31. The lowest BCUT2D eigenvalue weighted by molar-refractivity contribution is -0.132. The molecule has 1 N–H and O–H groups in total. The van der Waals surface area contributed by atoms with Crippen LogP contribution in [0.4, 0.5) is 0 Å². The van der Waals surface area contributed by atoms with E-state index in [2.05, 4.69) is 16.3 Å². The average molecular weight is 313 g/mol. The van der Waals surface area contributed by atoms with E-state index >= 15 is 0 Å². The molecule has 1 unspecified atom stereocenters. The summed E-state index contributed by atoms with van der Waals surface area (Å²) in [7, 11) is 1.69. The van der Waals surface area contributed by atoms with Crippen molar-refractivity contribution in [3.05, 3.63) is 47.8 Å². The van der Waals surface area contributed by atoms with Crippen LogP contribution in [0.2, 0.25) is 0 Å². The standard InChI is InChI=1S/C18H23N3O2/c1-23-17-9-3-2-7-15(17)16-8-5-11-21(16)18(22)10-4-6-14-12-19-20-13-14/h2-3,7,9,12-13,16H,4-6,8,10-11H2,1H3,(H,19,20). The van der Waals surface area contributed by atoms with Crippen LogP contribution in [-0.2, 0) is 11.2 Å². The molecule has 122 valence electrons. The van der Waals surface area contributed by atoms with E-state index < -0.39 is 0 Å². The van der Waals surface area contributed by atoms with Gasteiger partial charge in [-0.2, -0.15) is 5.10 Å². The molecule has 0 aliphatic carbocycles. The quantitative estimate of drug-likeness (QED) is 0.891. The van der Waals surface area contributed by atoms with Crippen molar-refractivity contribution in [2.45, 2.75) is 38.1 Å². The topological polar surface area (TPSA) is 58.2 Å². The van der Waals surface area contributed by atoms with Crippen molar-refractivity contribution in [3.63, 3.8) is 0 Å². The molecule has 0 radical (unpaired) electrons. The summed E-state index contributed by atoms with van der Waals surface area (Å²) in [5.74, 6) is 1.11. The third-order valence-corrected chi connectivity index (χ3v) is 4.48. The van der Waals surface area contributed by atoms with Gasteiger partial charge in [0.05, 0.1) is 19.3 Å². The van der Waals surface area contributed by atoms with Gasteiger partial charge in [0.25, 0.3) is 0 Å². The number of carbonyl (C=O) groups excluding carboxylic acids is 1. The zero-order chi connectivity index (χ0) is 16.1. The van der Waals surface area contributed by atoms with Crippen LogP contribution in [0.3, 0.4) is 0 Å². The maximum Gasteiger partial charge on any atom is 0.223 e. The lowest BCUT2D eigenvalue weighted by atomic mass is 10.0. The first-order valence-electron chi connectivity index (χ1n) is 8.19. The lowest BCUT2D eigenvalue weighted by Gasteiger charge is -2.26. The van der Waals surface area contributed by atoms with Crippen molar-refractivity contribution in [1.29, 1.82) is 0 Å². The molecule has 1 fully saturated rings. The first kappa shape index (κ1) is 15.6. The van der Waals surface area contributed by atoms with Gasteiger partial charge in [0.15, 0.2) is 0 Å². The SMILES string of the molecule is COc1ccccc1C1CCCN1C(=O)CCCc1cn[nH]c1. The number of aryl methyl sites for hydroxylation is 1. The number of likely N-dealkylation sites (tertiary alicyclic amines) is 1. The van der Waals surface area contributed by atoms with Gasteiger partial charge in [0.1, 0.15) is 5.75 Å². The van der Waals surface area contributed by atoms with E-state index in [1.54, 1.807) is 7.11 Å². The summed E-state index contributed by atoms with van der Waals surface area (Å²) in [6.07, 6.45) is 8.08. The van der Waals surface area contributed by atoms with E-state index in [0.29, 0.717) is 6.42 Å². The van der Waals surface area contributed by atoms with Gasteiger partial charge in [-0.1, -0.05) is 18.2 Å². The van der Waals surface area contributed by atoms with E-state index in [9.17, 15) is 4.79 Å². The third-order valence-electron chi connectivity index (χ3n) is 4.48. The number of rotatable bonds is 6. The molecule has 1 amide bonds. The zero-order valence-electron chi connectivity index (χ0n) is 13.5. The van der Waals surface area contributed by atoms with Crippen LogP contribution in [0.25, 0.3) is 0 Å². The number of ether oxygens (including phenoxy) is 1. The van der Waals surface area contributed by atoms with Gasteiger partial charge in [0, 0.05) is 24.7 Å². The monoisotopic (exact) mass is 313 g/mol. The van der Waals surface area contributed by atoms with Gasteiger partial charge >= 0.3 is 0 Å². The molecule has 2 heterocycles. The Labute approximate surface area is 136 Å². The second-order valence-electron chi connectivity index (χ2n) is 5.95. The zero-order valence-corrected chi connectivity index (χ0v) is 13.5. The fourth-order valence-electron chi connectivity index (χ4n) is 3.33. The minimum atomic E-state index is 0.146. The summed E-state index contributed by atoms with van der Waals surface area (Å²) in [6.45, 7) is 0.841. The molecule has 1 aliphatic rings. The van der Waals surface area contributed by atoms with Crippen LogP contribution in [0.1, 0.15) is 42.9 Å². The highest BCUT2D eigenvalue weighted by molar-refractivity contribution is 5.77. The smallest absolute Gasteiger partial charge is 0.223 e. The van der Waals surface area contributed by atoms with Crippen molar-refractivity contribution in [2.75, 3.05) is 13.7 Å². The van der Waals surface area contributed by atoms with Gasteiger partial charge in [-0.15, -0.1) is 0 Å². The predicted molar refractivity (Wildman–Crippen MR) is 88.2 cm³/mol. The third kappa shape index (κ3) is 3.55. The molecule has 1 aromatic heterocycles. The number of carbonyl (C=O) groups is 1. The molecule has 1 atom stereocenters. The Kier molecular flexibility index (Phi) is 4.95. The number of benzene rings is 1. The van der Waals surface area contributed by atoms with Gasteiger partial charge in [-0.05, 0) is 37.3 Å². The first-order valence-corrected chi connectivity index (χ1v) is 8.19. The molecule has 1 saturated heterocycles. The minimum Gasteiger partial charge on any atom is -0.496 e. The number of aromatic amines is 1. The first-order chi connectivity index (χ1) is 11.3. The second-order valence-corrected chi connectivity index (χ2v) is 5.95. The van der Waals surface area contributed by atoms with E-state index in [0.717, 1.165) is 49.1 Å². The number of hydrogen-bond donors (Lipinski definition) is 1. The van der Waals surface area contributed by atoms with Crippen molar-refractivity contribution in [3.8, 4) is 5.75 Å². The summed E-state index contributed by atoms with van der Waals surface area (Å²) in [5.41, 5.74) is 2.27. The van der Waals surface area contributed by atoms with Crippen molar-refractivity contribution >= 4 is 5.91 Å². The number of para-hydroxylation sites is 1. The van der Waals surface area contributed by atoms with Crippen molar-refractivity contribution < 1.29 is 9.53 Å². The number of hydrogen-bond acceptors (Lipinski definition) is 3.